The van der Waals surface area contributed by atoms with Crippen LogP contribution in [0.2, 0.25) is 0 Å². The summed E-state index contributed by atoms with van der Waals surface area (Å²) in [6.45, 7) is 3.75. The van der Waals surface area contributed by atoms with Crippen molar-refractivity contribution in [2.45, 2.75) is 44.7 Å². The van der Waals surface area contributed by atoms with E-state index in [2.05, 4.69) is 27.8 Å². The number of hydrogen-bond acceptors (Lipinski definition) is 3. The summed E-state index contributed by atoms with van der Waals surface area (Å²) in [4.78, 5) is 28.2. The molecule has 1 aromatic heterocycles. The number of aryl methyl sites for hydroxylation is 1. The molecule has 2 atom stereocenters. The predicted molar refractivity (Wildman–Crippen MR) is 98.1 cm³/mol. The van der Waals surface area contributed by atoms with Crippen LogP contribution in [0.4, 0.5) is 0 Å². The molecular formula is C19H26N4O2. The van der Waals surface area contributed by atoms with Crippen molar-refractivity contribution in [3.8, 4) is 0 Å². The Hall–Kier alpha value is -2.34. The molecule has 134 valence electrons. The number of nitrogens with one attached hydrogen (secondary N) is 3. The summed E-state index contributed by atoms with van der Waals surface area (Å²) < 4.78 is 0. The molecule has 25 heavy (non-hydrogen) atoms. The second-order valence-corrected chi connectivity index (χ2v) is 7.23. The van der Waals surface area contributed by atoms with Crippen molar-refractivity contribution in [3.63, 3.8) is 0 Å². The number of carbonyl (C=O) groups excluding carboxylic acids is 2. The van der Waals surface area contributed by atoms with Gasteiger partial charge in [-0.3, -0.25) is 9.59 Å². The van der Waals surface area contributed by atoms with Crippen LogP contribution in [0, 0.1) is 5.92 Å². The minimum Gasteiger partial charge on any atom is -0.368 e. The highest BCUT2D eigenvalue weighted by Gasteiger charge is 2.42. The SMILES string of the molecule is CN[C@]1(C(=O)N[C@H](C(N)=O)C(C)C)CCc2[nH]c3ccccc3c2C1. The Labute approximate surface area is 147 Å². The van der Waals surface area contributed by atoms with Gasteiger partial charge in [0.05, 0.1) is 0 Å². The number of para-hydroxylation sites is 1. The number of benzene rings is 1. The molecule has 2 amide bonds. The van der Waals surface area contributed by atoms with E-state index in [1.54, 1.807) is 7.05 Å². The highest BCUT2D eigenvalue weighted by molar-refractivity contribution is 5.93. The number of rotatable bonds is 5. The Morgan fingerprint density at radius 2 is 2.00 bits per heavy atom. The molecule has 1 heterocycles. The summed E-state index contributed by atoms with van der Waals surface area (Å²) in [5.74, 6) is -0.718. The lowest BCUT2D eigenvalue weighted by molar-refractivity contribution is -0.133. The van der Waals surface area contributed by atoms with Gasteiger partial charge in [-0.05, 0) is 37.4 Å². The number of nitrogens with two attached hydrogens (primary N) is 1. The molecular weight excluding hydrogens is 316 g/mol. The number of fused-ring (bicyclic) bond motifs is 3. The maximum atomic E-state index is 13.0. The van der Waals surface area contributed by atoms with Crippen molar-refractivity contribution in [2.75, 3.05) is 7.05 Å². The van der Waals surface area contributed by atoms with Crippen LogP contribution in [0.3, 0.4) is 0 Å². The molecule has 0 saturated heterocycles. The lowest BCUT2D eigenvalue weighted by Gasteiger charge is -2.37. The van der Waals surface area contributed by atoms with E-state index in [-0.39, 0.29) is 11.8 Å². The fourth-order valence-electron chi connectivity index (χ4n) is 3.77. The van der Waals surface area contributed by atoms with Crippen LogP contribution in [-0.4, -0.2) is 35.4 Å². The lowest BCUT2D eigenvalue weighted by Crippen LogP contribution is -2.62. The average molecular weight is 342 g/mol. The zero-order chi connectivity index (χ0) is 18.2. The van der Waals surface area contributed by atoms with Crippen molar-refractivity contribution in [1.29, 1.82) is 0 Å². The average Bonchev–Trinajstić information content (AvgIpc) is 2.96. The Bertz CT molecular complexity index is 811. The summed E-state index contributed by atoms with van der Waals surface area (Å²) in [7, 11) is 1.80. The first-order chi connectivity index (χ1) is 11.9. The van der Waals surface area contributed by atoms with Gasteiger partial charge in [-0.1, -0.05) is 32.0 Å². The molecule has 0 aliphatic heterocycles. The van der Waals surface area contributed by atoms with E-state index < -0.39 is 17.5 Å². The van der Waals surface area contributed by atoms with Crippen LogP contribution in [-0.2, 0) is 22.4 Å². The lowest BCUT2D eigenvalue weighted by atomic mass is 9.78. The molecule has 6 nitrogen and oxygen atoms in total. The summed E-state index contributed by atoms with van der Waals surface area (Å²) in [5.41, 5.74) is 8.18. The van der Waals surface area contributed by atoms with Crippen LogP contribution in [0.25, 0.3) is 10.9 Å². The molecule has 1 aromatic carbocycles. The number of likely N-dealkylation sites (N-methyl/N-ethyl adjacent to an activating group) is 1. The highest BCUT2D eigenvalue weighted by Crippen LogP contribution is 2.34. The van der Waals surface area contributed by atoms with Crippen LogP contribution in [0.5, 0.6) is 0 Å². The zero-order valence-corrected chi connectivity index (χ0v) is 15.0. The van der Waals surface area contributed by atoms with Crippen LogP contribution in [0.15, 0.2) is 24.3 Å². The van der Waals surface area contributed by atoms with Gasteiger partial charge >= 0.3 is 0 Å². The first-order valence-electron chi connectivity index (χ1n) is 8.75. The number of aromatic nitrogens is 1. The molecule has 0 spiro atoms. The Morgan fingerprint density at radius 1 is 1.28 bits per heavy atom. The molecule has 1 aliphatic carbocycles. The van der Waals surface area contributed by atoms with Gasteiger partial charge in [-0.15, -0.1) is 0 Å². The van der Waals surface area contributed by atoms with E-state index in [4.69, 9.17) is 5.73 Å². The summed E-state index contributed by atoms with van der Waals surface area (Å²) in [5, 5.41) is 7.23. The van der Waals surface area contributed by atoms with Crippen molar-refractivity contribution in [2.24, 2.45) is 11.7 Å². The standard InChI is InChI=1S/C19H26N4O2/c1-11(2)16(17(20)24)23-18(25)19(21-3)9-8-15-13(10-19)12-6-4-5-7-14(12)22-15/h4-7,11,16,21-22H,8-10H2,1-3H3,(H2,20,24)(H,23,25)/t16-,19+/m0/s1. The van der Waals surface area contributed by atoms with Crippen molar-refractivity contribution in [3.05, 3.63) is 35.5 Å². The van der Waals surface area contributed by atoms with E-state index >= 15 is 0 Å². The maximum absolute atomic E-state index is 13.0. The second-order valence-electron chi connectivity index (χ2n) is 7.23. The third-order valence-electron chi connectivity index (χ3n) is 5.36. The number of primary amides is 1. The van der Waals surface area contributed by atoms with E-state index in [1.165, 1.54) is 11.3 Å². The van der Waals surface area contributed by atoms with Gasteiger partial charge in [0, 0.05) is 23.0 Å². The smallest absolute Gasteiger partial charge is 0.241 e. The number of amides is 2. The van der Waals surface area contributed by atoms with Gasteiger partial charge in [0.2, 0.25) is 11.8 Å². The fraction of sp³-hybridized carbons (Fsp3) is 0.474. The van der Waals surface area contributed by atoms with Crippen molar-refractivity contribution in [1.82, 2.24) is 15.6 Å². The van der Waals surface area contributed by atoms with Gasteiger partial charge in [-0.2, -0.15) is 0 Å². The minimum absolute atomic E-state index is 0.0532. The first kappa shape index (κ1) is 17.5. The second kappa shape index (κ2) is 6.52. The molecule has 5 N–H and O–H groups in total. The van der Waals surface area contributed by atoms with Crippen molar-refractivity contribution >= 4 is 22.7 Å². The Kier molecular flexibility index (Phi) is 4.56. The van der Waals surface area contributed by atoms with Gasteiger partial charge in [0.25, 0.3) is 0 Å². The molecule has 0 fully saturated rings. The first-order valence-corrected chi connectivity index (χ1v) is 8.75. The summed E-state index contributed by atoms with van der Waals surface area (Å²) in [6, 6.07) is 7.48. The largest absolute Gasteiger partial charge is 0.368 e. The van der Waals surface area contributed by atoms with E-state index in [1.807, 2.05) is 26.0 Å². The maximum Gasteiger partial charge on any atom is 0.241 e. The summed E-state index contributed by atoms with van der Waals surface area (Å²) in [6.07, 6.45) is 2.03. The number of hydrogen-bond donors (Lipinski definition) is 4. The van der Waals surface area contributed by atoms with Gasteiger partial charge in [0.1, 0.15) is 11.6 Å². The molecule has 0 bridgehead atoms. The third kappa shape index (κ3) is 3.02. The Balaban J connectivity index is 1.91. The van der Waals surface area contributed by atoms with Crippen LogP contribution < -0.4 is 16.4 Å². The van der Waals surface area contributed by atoms with Gasteiger partial charge in [-0.25, -0.2) is 0 Å². The van der Waals surface area contributed by atoms with E-state index in [9.17, 15) is 9.59 Å². The number of aromatic amines is 1. The summed E-state index contributed by atoms with van der Waals surface area (Å²) >= 11 is 0. The minimum atomic E-state index is -0.736. The topological polar surface area (TPSA) is 100 Å². The van der Waals surface area contributed by atoms with E-state index in [0.717, 1.165) is 17.3 Å². The molecule has 0 saturated carbocycles. The molecule has 3 rings (SSSR count). The normalized spacial score (nSPS) is 21.1. The van der Waals surface area contributed by atoms with E-state index in [0.29, 0.717) is 12.8 Å². The zero-order valence-electron chi connectivity index (χ0n) is 15.0. The van der Waals surface area contributed by atoms with Crippen LogP contribution in [0.1, 0.15) is 31.5 Å². The third-order valence-corrected chi connectivity index (χ3v) is 5.36. The predicted octanol–water partition coefficient (Wildman–Crippen LogP) is 1.24. The highest BCUT2D eigenvalue weighted by atomic mass is 16.2. The molecule has 6 heteroatoms. The molecule has 2 aromatic rings. The monoisotopic (exact) mass is 342 g/mol. The fourth-order valence-corrected chi connectivity index (χ4v) is 3.77. The molecule has 0 unspecified atom stereocenters. The molecule has 1 aliphatic rings. The Morgan fingerprint density at radius 3 is 2.64 bits per heavy atom. The molecule has 0 radical (unpaired) electrons. The van der Waals surface area contributed by atoms with Gasteiger partial charge in [0.15, 0.2) is 0 Å². The number of H-pyrrole nitrogens is 1. The number of carbonyl (C=O) groups is 2. The van der Waals surface area contributed by atoms with Crippen molar-refractivity contribution < 1.29 is 9.59 Å². The van der Waals surface area contributed by atoms with Crippen LogP contribution >= 0.6 is 0 Å². The van der Waals surface area contributed by atoms with Gasteiger partial charge < -0.3 is 21.4 Å². The quantitative estimate of drug-likeness (QED) is 0.658.